The lowest BCUT2D eigenvalue weighted by molar-refractivity contribution is -0.131. The summed E-state index contributed by atoms with van der Waals surface area (Å²) in [6.45, 7) is 8.62. The molecule has 8 nitrogen and oxygen atoms in total. The number of urea groups is 1. The first-order valence-electron chi connectivity index (χ1n) is 10.7. The third kappa shape index (κ3) is 5.07. The predicted octanol–water partition coefficient (Wildman–Crippen LogP) is 2.72. The summed E-state index contributed by atoms with van der Waals surface area (Å²) in [4.78, 5) is 41.7. The van der Waals surface area contributed by atoms with Gasteiger partial charge < -0.3 is 19.7 Å². The van der Waals surface area contributed by atoms with Crippen LogP contribution in [-0.4, -0.2) is 67.7 Å². The Morgan fingerprint density at radius 3 is 2.42 bits per heavy atom. The lowest BCUT2D eigenvalue weighted by atomic mass is 9.92. The number of carbonyl (C=O) groups is 3. The summed E-state index contributed by atoms with van der Waals surface area (Å²) in [5, 5.41) is 3.00. The molecule has 1 N–H and O–H groups in total. The average Bonchev–Trinajstić information content (AvgIpc) is 2.78. The first-order valence-corrected chi connectivity index (χ1v) is 10.7. The Bertz CT molecular complexity index is 856. The molecule has 0 aromatic heterocycles. The molecule has 2 aliphatic heterocycles. The highest BCUT2D eigenvalue weighted by Gasteiger charge is 2.37. The number of rotatable bonds is 6. The first kappa shape index (κ1) is 22.8. The van der Waals surface area contributed by atoms with Crippen LogP contribution in [0.4, 0.5) is 4.79 Å². The summed E-state index contributed by atoms with van der Waals surface area (Å²) in [6.07, 6.45) is 0.836. The molecule has 0 radical (unpaired) electrons. The molecular formula is C23H31N3O5. The Hall–Kier alpha value is -2.87. The van der Waals surface area contributed by atoms with Crippen molar-refractivity contribution in [1.82, 2.24) is 15.1 Å². The van der Waals surface area contributed by atoms with Gasteiger partial charge in [-0.05, 0) is 37.0 Å². The highest BCUT2D eigenvalue weighted by atomic mass is 16.5. The van der Waals surface area contributed by atoms with E-state index >= 15 is 0 Å². The normalized spacial score (nSPS) is 19.5. The second-order valence-corrected chi connectivity index (χ2v) is 8.23. The van der Waals surface area contributed by atoms with Gasteiger partial charge in [0, 0.05) is 25.3 Å². The highest BCUT2D eigenvalue weighted by molar-refractivity contribution is 5.98. The zero-order valence-corrected chi connectivity index (χ0v) is 18.6. The number of carbonyl (C=O) groups excluding carboxylic acids is 3. The number of morpholine rings is 1. The summed E-state index contributed by atoms with van der Waals surface area (Å²) in [7, 11) is 1.33. The molecule has 1 aromatic carbocycles. The molecule has 1 saturated heterocycles. The predicted molar refractivity (Wildman–Crippen MR) is 115 cm³/mol. The zero-order chi connectivity index (χ0) is 22.5. The van der Waals surface area contributed by atoms with Crippen LogP contribution in [0.2, 0.25) is 0 Å². The maximum absolute atomic E-state index is 13.5. The third-order valence-electron chi connectivity index (χ3n) is 5.72. The molecule has 2 aliphatic rings. The van der Waals surface area contributed by atoms with E-state index in [4.69, 9.17) is 9.47 Å². The monoisotopic (exact) mass is 429 g/mol. The molecule has 2 heterocycles. The van der Waals surface area contributed by atoms with Crippen molar-refractivity contribution in [3.05, 3.63) is 46.7 Å². The zero-order valence-electron chi connectivity index (χ0n) is 18.6. The first-order chi connectivity index (χ1) is 14.8. The number of benzene rings is 1. The van der Waals surface area contributed by atoms with Crippen molar-refractivity contribution in [1.29, 1.82) is 0 Å². The van der Waals surface area contributed by atoms with Gasteiger partial charge in [-0.1, -0.05) is 26.0 Å². The van der Waals surface area contributed by atoms with Gasteiger partial charge in [0.2, 0.25) is 0 Å². The molecular weight excluding hydrogens is 398 g/mol. The second kappa shape index (κ2) is 9.96. The quantitative estimate of drug-likeness (QED) is 0.703. The molecule has 8 heteroatoms. The highest BCUT2D eigenvalue weighted by Crippen LogP contribution is 2.32. The van der Waals surface area contributed by atoms with Crippen LogP contribution < -0.4 is 5.32 Å². The fourth-order valence-electron chi connectivity index (χ4n) is 3.83. The molecule has 0 spiro atoms. The SMILES string of the molecule is COC(=O)c1ccc([C@@H]2NC(=O)N(CCC(C)C)C(C)=C2C(=O)N2CCOCC2)cc1. The number of hydrogen-bond acceptors (Lipinski definition) is 5. The minimum atomic E-state index is -0.593. The molecule has 3 rings (SSSR count). The van der Waals surface area contributed by atoms with E-state index in [0.29, 0.717) is 55.6 Å². The largest absolute Gasteiger partial charge is 0.465 e. The van der Waals surface area contributed by atoms with Crippen LogP contribution in [0.15, 0.2) is 35.5 Å². The number of amides is 3. The van der Waals surface area contributed by atoms with Crippen LogP contribution in [0.5, 0.6) is 0 Å². The van der Waals surface area contributed by atoms with Crippen molar-refractivity contribution in [2.24, 2.45) is 5.92 Å². The number of allylic oxidation sites excluding steroid dienone is 1. The van der Waals surface area contributed by atoms with E-state index in [-0.39, 0.29) is 11.9 Å². The van der Waals surface area contributed by atoms with Gasteiger partial charge in [0.15, 0.2) is 0 Å². The van der Waals surface area contributed by atoms with Crippen molar-refractivity contribution < 1.29 is 23.9 Å². The maximum atomic E-state index is 13.5. The molecule has 3 amide bonds. The van der Waals surface area contributed by atoms with Crippen molar-refractivity contribution in [2.75, 3.05) is 40.0 Å². The minimum absolute atomic E-state index is 0.0996. The van der Waals surface area contributed by atoms with E-state index in [1.54, 1.807) is 34.1 Å². The Labute approximate surface area is 183 Å². The van der Waals surface area contributed by atoms with Gasteiger partial charge in [-0.15, -0.1) is 0 Å². The molecule has 0 bridgehead atoms. The Morgan fingerprint density at radius 2 is 1.84 bits per heavy atom. The Morgan fingerprint density at radius 1 is 1.19 bits per heavy atom. The number of nitrogens with zero attached hydrogens (tertiary/aromatic N) is 2. The number of nitrogens with one attached hydrogen (secondary N) is 1. The summed E-state index contributed by atoms with van der Waals surface area (Å²) >= 11 is 0. The van der Waals surface area contributed by atoms with Gasteiger partial charge in [-0.25, -0.2) is 9.59 Å². The van der Waals surface area contributed by atoms with Crippen LogP contribution in [-0.2, 0) is 14.3 Å². The lowest BCUT2D eigenvalue weighted by Crippen LogP contribution is -2.51. The standard InChI is InChI=1S/C23H31N3O5/c1-15(2)9-10-26-16(3)19(21(27)25-11-13-31-14-12-25)20(24-23(26)29)17-5-7-18(8-6-17)22(28)30-4/h5-8,15,20H,9-14H2,1-4H3,(H,24,29)/t20-/m0/s1. The smallest absolute Gasteiger partial charge is 0.337 e. The van der Waals surface area contributed by atoms with Gasteiger partial charge in [0.05, 0.1) is 37.5 Å². The van der Waals surface area contributed by atoms with Gasteiger partial charge in [0.1, 0.15) is 0 Å². The maximum Gasteiger partial charge on any atom is 0.337 e. The summed E-state index contributed by atoms with van der Waals surface area (Å²) in [5.74, 6) is -0.101. The van der Waals surface area contributed by atoms with Crippen LogP contribution in [0.3, 0.4) is 0 Å². The molecule has 31 heavy (non-hydrogen) atoms. The topological polar surface area (TPSA) is 88.2 Å². The number of esters is 1. The van der Waals surface area contributed by atoms with E-state index in [0.717, 1.165) is 12.0 Å². The Balaban J connectivity index is 1.98. The third-order valence-corrected chi connectivity index (χ3v) is 5.72. The molecule has 1 fully saturated rings. The molecule has 1 aromatic rings. The van der Waals surface area contributed by atoms with Gasteiger partial charge in [-0.2, -0.15) is 0 Å². The van der Waals surface area contributed by atoms with Crippen LogP contribution >= 0.6 is 0 Å². The number of ether oxygens (including phenoxy) is 2. The summed E-state index contributed by atoms with van der Waals surface area (Å²) in [6, 6.07) is 5.97. The van der Waals surface area contributed by atoms with Gasteiger partial charge in [-0.3, -0.25) is 9.69 Å². The fraction of sp³-hybridized carbons (Fsp3) is 0.522. The number of hydrogen-bond donors (Lipinski definition) is 1. The second-order valence-electron chi connectivity index (χ2n) is 8.23. The van der Waals surface area contributed by atoms with E-state index in [1.807, 2.05) is 6.92 Å². The number of methoxy groups -OCH3 is 1. The average molecular weight is 430 g/mol. The summed E-state index contributed by atoms with van der Waals surface area (Å²) < 4.78 is 10.1. The van der Waals surface area contributed by atoms with Crippen LogP contribution in [0, 0.1) is 5.92 Å². The van der Waals surface area contributed by atoms with Gasteiger partial charge in [0.25, 0.3) is 5.91 Å². The van der Waals surface area contributed by atoms with E-state index in [9.17, 15) is 14.4 Å². The van der Waals surface area contributed by atoms with Crippen LogP contribution in [0.25, 0.3) is 0 Å². The van der Waals surface area contributed by atoms with Crippen molar-refractivity contribution in [3.63, 3.8) is 0 Å². The van der Waals surface area contributed by atoms with E-state index in [1.165, 1.54) is 7.11 Å². The van der Waals surface area contributed by atoms with Crippen molar-refractivity contribution in [2.45, 2.75) is 33.2 Å². The Kier molecular flexibility index (Phi) is 7.33. The molecule has 0 unspecified atom stereocenters. The van der Waals surface area contributed by atoms with Crippen molar-refractivity contribution >= 4 is 17.9 Å². The van der Waals surface area contributed by atoms with Crippen LogP contribution in [0.1, 0.15) is 49.2 Å². The minimum Gasteiger partial charge on any atom is -0.465 e. The molecule has 168 valence electrons. The van der Waals surface area contributed by atoms with E-state index < -0.39 is 12.0 Å². The summed E-state index contributed by atoms with van der Waals surface area (Å²) in [5.41, 5.74) is 2.37. The lowest BCUT2D eigenvalue weighted by Gasteiger charge is -2.38. The molecule has 1 atom stereocenters. The van der Waals surface area contributed by atoms with E-state index in [2.05, 4.69) is 19.2 Å². The van der Waals surface area contributed by atoms with Crippen molar-refractivity contribution in [3.8, 4) is 0 Å². The molecule has 0 saturated carbocycles. The fourth-order valence-corrected chi connectivity index (χ4v) is 3.83. The van der Waals surface area contributed by atoms with Gasteiger partial charge >= 0.3 is 12.0 Å². The molecule has 0 aliphatic carbocycles.